The first-order chi connectivity index (χ1) is 9.85. The van der Waals surface area contributed by atoms with E-state index in [9.17, 15) is 10.1 Å². The predicted molar refractivity (Wildman–Crippen MR) is 86.9 cm³/mol. The van der Waals surface area contributed by atoms with Crippen LogP contribution in [0.4, 0.5) is 17.3 Å². The molecule has 0 atom stereocenters. The largest absolute Gasteiger partial charge is 0.370 e. The molecule has 0 radical (unpaired) electrons. The van der Waals surface area contributed by atoms with Gasteiger partial charge in [0.05, 0.1) is 4.92 Å². The number of anilines is 2. The van der Waals surface area contributed by atoms with Gasteiger partial charge in [-0.2, -0.15) is 0 Å². The molecular weight excluding hydrogens is 268 g/mol. The average molecular weight is 294 g/mol. The van der Waals surface area contributed by atoms with Crippen LogP contribution < -0.4 is 10.2 Å². The zero-order chi connectivity index (χ0) is 16.0. The zero-order valence-electron chi connectivity index (χ0n) is 13.6. The highest BCUT2D eigenvalue weighted by Crippen LogP contribution is 2.29. The van der Waals surface area contributed by atoms with E-state index in [2.05, 4.69) is 38.0 Å². The van der Waals surface area contributed by atoms with Crippen LogP contribution in [-0.4, -0.2) is 29.5 Å². The Balaban J connectivity index is 3.23. The number of rotatable bonds is 8. The summed E-state index contributed by atoms with van der Waals surface area (Å²) >= 11 is 0. The third-order valence-corrected chi connectivity index (χ3v) is 2.88. The molecule has 6 heteroatoms. The van der Waals surface area contributed by atoms with Crippen LogP contribution in [0.5, 0.6) is 0 Å². The van der Waals surface area contributed by atoms with Crippen LogP contribution in [0.25, 0.3) is 0 Å². The molecule has 1 aromatic heterocycles. The second-order valence-electron chi connectivity index (χ2n) is 6.02. The molecule has 6 nitrogen and oxygen atoms in total. The van der Waals surface area contributed by atoms with E-state index in [-0.39, 0.29) is 10.6 Å². The SMILES string of the molecule is CCNc1ccc([N+](=O)[O-])c(N(CC(C)C)CC(C)C)n1. The Morgan fingerprint density at radius 2 is 1.81 bits per heavy atom. The maximum atomic E-state index is 11.3. The predicted octanol–water partition coefficient (Wildman–Crippen LogP) is 3.54. The van der Waals surface area contributed by atoms with E-state index >= 15 is 0 Å². The Morgan fingerprint density at radius 1 is 1.24 bits per heavy atom. The van der Waals surface area contributed by atoms with Gasteiger partial charge in [0, 0.05) is 25.7 Å². The summed E-state index contributed by atoms with van der Waals surface area (Å²) in [4.78, 5) is 17.4. The van der Waals surface area contributed by atoms with Crippen molar-refractivity contribution in [3.8, 4) is 0 Å². The van der Waals surface area contributed by atoms with Crippen molar-refractivity contribution in [3.05, 3.63) is 22.2 Å². The van der Waals surface area contributed by atoms with Crippen molar-refractivity contribution < 1.29 is 4.92 Å². The highest BCUT2D eigenvalue weighted by atomic mass is 16.6. The zero-order valence-corrected chi connectivity index (χ0v) is 13.6. The van der Waals surface area contributed by atoms with Gasteiger partial charge in [-0.1, -0.05) is 27.7 Å². The molecule has 0 saturated heterocycles. The monoisotopic (exact) mass is 294 g/mol. The molecule has 0 fully saturated rings. The van der Waals surface area contributed by atoms with Crippen molar-refractivity contribution in [1.82, 2.24) is 4.98 Å². The Labute approximate surface area is 126 Å². The normalized spacial score (nSPS) is 11.0. The summed E-state index contributed by atoms with van der Waals surface area (Å²) in [7, 11) is 0. The summed E-state index contributed by atoms with van der Waals surface area (Å²) in [5.41, 5.74) is 0.0675. The molecule has 0 saturated carbocycles. The molecule has 0 spiro atoms. The lowest BCUT2D eigenvalue weighted by Crippen LogP contribution is -2.32. The summed E-state index contributed by atoms with van der Waals surface area (Å²) < 4.78 is 0. The third kappa shape index (κ3) is 5.21. The quantitative estimate of drug-likeness (QED) is 0.586. The van der Waals surface area contributed by atoms with Gasteiger partial charge < -0.3 is 10.2 Å². The molecule has 0 bridgehead atoms. The van der Waals surface area contributed by atoms with Gasteiger partial charge in [0.2, 0.25) is 5.82 Å². The van der Waals surface area contributed by atoms with Gasteiger partial charge >= 0.3 is 5.69 Å². The van der Waals surface area contributed by atoms with E-state index in [1.165, 1.54) is 6.07 Å². The minimum Gasteiger partial charge on any atom is -0.370 e. The van der Waals surface area contributed by atoms with E-state index in [0.29, 0.717) is 23.5 Å². The fourth-order valence-electron chi connectivity index (χ4n) is 2.22. The lowest BCUT2D eigenvalue weighted by Gasteiger charge is -2.27. The topological polar surface area (TPSA) is 71.3 Å². The fourth-order valence-corrected chi connectivity index (χ4v) is 2.22. The highest BCUT2D eigenvalue weighted by molar-refractivity contribution is 5.61. The summed E-state index contributed by atoms with van der Waals surface area (Å²) in [5, 5.41) is 14.4. The summed E-state index contributed by atoms with van der Waals surface area (Å²) in [6, 6.07) is 3.20. The third-order valence-electron chi connectivity index (χ3n) is 2.88. The molecule has 0 unspecified atom stereocenters. The number of pyridine rings is 1. The molecule has 0 aliphatic carbocycles. The van der Waals surface area contributed by atoms with E-state index < -0.39 is 0 Å². The van der Waals surface area contributed by atoms with E-state index in [0.717, 1.165) is 19.6 Å². The Hall–Kier alpha value is -1.85. The Kier molecular flexibility index (Phi) is 6.39. The first-order valence-corrected chi connectivity index (χ1v) is 7.49. The van der Waals surface area contributed by atoms with Crippen molar-refractivity contribution in [1.29, 1.82) is 0 Å². The number of aromatic nitrogens is 1. The standard InChI is InChI=1S/C15H26N4O2/c1-6-16-14-8-7-13(19(20)21)15(17-14)18(9-11(2)3)10-12(4)5/h7-8,11-12H,6,9-10H2,1-5H3,(H,16,17). The summed E-state index contributed by atoms with van der Waals surface area (Å²) in [6.45, 7) is 12.6. The molecule has 0 aromatic carbocycles. The van der Waals surface area contributed by atoms with E-state index in [1.807, 2.05) is 11.8 Å². The van der Waals surface area contributed by atoms with Crippen LogP contribution in [0.15, 0.2) is 12.1 Å². The van der Waals surface area contributed by atoms with Gasteiger partial charge in [0.25, 0.3) is 0 Å². The Morgan fingerprint density at radius 3 is 2.24 bits per heavy atom. The minimum atomic E-state index is -0.355. The lowest BCUT2D eigenvalue weighted by atomic mass is 10.1. The van der Waals surface area contributed by atoms with Crippen LogP contribution in [0.2, 0.25) is 0 Å². The summed E-state index contributed by atoms with van der Waals surface area (Å²) in [5.74, 6) is 1.96. The van der Waals surface area contributed by atoms with Crippen LogP contribution in [0.3, 0.4) is 0 Å². The number of nitrogens with one attached hydrogen (secondary N) is 1. The summed E-state index contributed by atoms with van der Waals surface area (Å²) in [6.07, 6.45) is 0. The van der Waals surface area contributed by atoms with Gasteiger partial charge in [0.15, 0.2) is 0 Å². The smallest absolute Gasteiger partial charge is 0.311 e. The molecule has 0 amide bonds. The molecule has 1 rings (SSSR count). The van der Waals surface area contributed by atoms with Gasteiger partial charge in [-0.25, -0.2) is 4.98 Å². The van der Waals surface area contributed by atoms with Crippen molar-refractivity contribution in [3.63, 3.8) is 0 Å². The maximum absolute atomic E-state index is 11.3. The lowest BCUT2D eigenvalue weighted by molar-refractivity contribution is -0.384. The molecule has 1 N–H and O–H groups in total. The van der Waals surface area contributed by atoms with Gasteiger partial charge in [-0.3, -0.25) is 10.1 Å². The van der Waals surface area contributed by atoms with Crippen LogP contribution in [0.1, 0.15) is 34.6 Å². The first-order valence-electron chi connectivity index (χ1n) is 7.49. The van der Waals surface area contributed by atoms with E-state index in [1.54, 1.807) is 6.07 Å². The Bertz CT molecular complexity index is 465. The van der Waals surface area contributed by atoms with Crippen molar-refractivity contribution in [2.45, 2.75) is 34.6 Å². The number of nitro groups is 1. The second-order valence-corrected chi connectivity index (χ2v) is 6.02. The number of nitrogens with zero attached hydrogens (tertiary/aromatic N) is 3. The number of hydrogen-bond donors (Lipinski definition) is 1. The fraction of sp³-hybridized carbons (Fsp3) is 0.667. The molecule has 118 valence electrons. The van der Waals surface area contributed by atoms with Crippen LogP contribution >= 0.6 is 0 Å². The van der Waals surface area contributed by atoms with Crippen LogP contribution in [-0.2, 0) is 0 Å². The molecular formula is C15H26N4O2. The minimum absolute atomic E-state index is 0.0675. The van der Waals surface area contributed by atoms with Crippen molar-refractivity contribution >= 4 is 17.3 Å². The molecule has 0 aliphatic heterocycles. The maximum Gasteiger partial charge on any atom is 0.311 e. The first kappa shape index (κ1) is 17.2. The molecule has 1 heterocycles. The van der Waals surface area contributed by atoms with Gasteiger partial charge in [-0.15, -0.1) is 0 Å². The van der Waals surface area contributed by atoms with Crippen LogP contribution in [0, 0.1) is 22.0 Å². The molecule has 1 aromatic rings. The van der Waals surface area contributed by atoms with Gasteiger partial charge in [-0.05, 0) is 24.8 Å². The number of hydrogen-bond acceptors (Lipinski definition) is 5. The van der Waals surface area contributed by atoms with Crippen molar-refractivity contribution in [2.75, 3.05) is 29.9 Å². The van der Waals surface area contributed by atoms with Crippen molar-refractivity contribution in [2.24, 2.45) is 11.8 Å². The second kappa shape index (κ2) is 7.81. The molecule has 21 heavy (non-hydrogen) atoms. The highest BCUT2D eigenvalue weighted by Gasteiger charge is 2.23. The molecule has 0 aliphatic rings. The van der Waals surface area contributed by atoms with Gasteiger partial charge in [0.1, 0.15) is 5.82 Å². The average Bonchev–Trinajstić information content (AvgIpc) is 2.36. The van der Waals surface area contributed by atoms with E-state index in [4.69, 9.17) is 0 Å².